The van der Waals surface area contributed by atoms with Gasteiger partial charge in [0.05, 0.1) is 28.7 Å². The molecule has 0 fully saturated rings. The van der Waals surface area contributed by atoms with E-state index in [0.717, 1.165) is 37.9 Å². The zero-order valence-corrected chi connectivity index (χ0v) is 16.4. The Morgan fingerprint density at radius 2 is 1.85 bits per heavy atom. The number of para-hydroxylation sites is 1. The maximum Gasteiger partial charge on any atom is 0.282 e. The maximum absolute atomic E-state index is 12.8. The van der Waals surface area contributed by atoms with Gasteiger partial charge in [-0.2, -0.15) is 14.9 Å². The smallest absolute Gasteiger partial charge is 0.267 e. The molecule has 0 saturated heterocycles. The van der Waals surface area contributed by atoms with Crippen molar-refractivity contribution in [2.24, 2.45) is 5.10 Å². The van der Waals surface area contributed by atoms with Gasteiger partial charge in [0.2, 0.25) is 0 Å². The fourth-order valence-corrected chi connectivity index (χ4v) is 4.08. The van der Waals surface area contributed by atoms with E-state index in [1.165, 1.54) is 22.3 Å². The molecule has 3 heterocycles. The van der Waals surface area contributed by atoms with Gasteiger partial charge < -0.3 is 0 Å². The first kappa shape index (κ1) is 17.4. The largest absolute Gasteiger partial charge is 0.282 e. The van der Waals surface area contributed by atoms with Crippen LogP contribution < -0.4 is 5.56 Å². The molecule has 0 atom stereocenters. The number of aromatic nitrogens is 4. The lowest BCUT2D eigenvalue weighted by molar-refractivity contribution is 0.817. The zero-order chi connectivity index (χ0) is 19.1. The van der Waals surface area contributed by atoms with Crippen LogP contribution in [0.5, 0.6) is 0 Å². The molecule has 4 rings (SSSR count). The highest BCUT2D eigenvalue weighted by molar-refractivity contribution is 7.18. The van der Waals surface area contributed by atoms with E-state index in [0.29, 0.717) is 5.39 Å². The first-order chi connectivity index (χ1) is 13.0. The molecule has 0 radical (unpaired) electrons. The Bertz CT molecular complexity index is 1230. The van der Waals surface area contributed by atoms with Crippen molar-refractivity contribution in [1.82, 2.24) is 19.4 Å². The standard InChI is InChI=1S/C20H19N5OS/c1-12-15(4)27-19-18(12)20(26)24(11-21-19)22-10-17-13(2)23-25(14(17)3)16-8-6-5-7-9-16/h5-11H,1-4H3. The fourth-order valence-electron chi connectivity index (χ4n) is 3.09. The van der Waals surface area contributed by atoms with Crippen molar-refractivity contribution >= 4 is 27.8 Å². The number of rotatable bonds is 3. The van der Waals surface area contributed by atoms with Crippen molar-refractivity contribution in [3.8, 4) is 5.69 Å². The van der Waals surface area contributed by atoms with Gasteiger partial charge in [-0.15, -0.1) is 11.3 Å². The van der Waals surface area contributed by atoms with Gasteiger partial charge in [0.25, 0.3) is 5.56 Å². The van der Waals surface area contributed by atoms with E-state index < -0.39 is 0 Å². The molecule has 136 valence electrons. The van der Waals surface area contributed by atoms with Gasteiger partial charge in [-0.1, -0.05) is 18.2 Å². The van der Waals surface area contributed by atoms with E-state index >= 15 is 0 Å². The van der Waals surface area contributed by atoms with E-state index in [4.69, 9.17) is 0 Å². The predicted octanol–water partition coefficient (Wildman–Crippen LogP) is 3.76. The van der Waals surface area contributed by atoms with Crippen LogP contribution in [-0.2, 0) is 0 Å². The Morgan fingerprint density at radius 1 is 1.11 bits per heavy atom. The first-order valence-electron chi connectivity index (χ1n) is 8.60. The number of aryl methyl sites for hydroxylation is 3. The minimum atomic E-state index is -0.149. The van der Waals surface area contributed by atoms with Crippen LogP contribution in [0, 0.1) is 27.7 Å². The molecule has 0 amide bonds. The van der Waals surface area contributed by atoms with Gasteiger partial charge >= 0.3 is 0 Å². The molecule has 4 aromatic rings. The van der Waals surface area contributed by atoms with Gasteiger partial charge in [-0.25, -0.2) is 9.67 Å². The summed E-state index contributed by atoms with van der Waals surface area (Å²) in [7, 11) is 0. The van der Waals surface area contributed by atoms with E-state index in [1.54, 1.807) is 6.21 Å². The summed E-state index contributed by atoms with van der Waals surface area (Å²) >= 11 is 1.53. The van der Waals surface area contributed by atoms with Crippen LogP contribution >= 0.6 is 11.3 Å². The van der Waals surface area contributed by atoms with Crippen molar-refractivity contribution in [2.75, 3.05) is 0 Å². The van der Waals surface area contributed by atoms with Gasteiger partial charge in [0.15, 0.2) is 0 Å². The quantitative estimate of drug-likeness (QED) is 0.511. The lowest BCUT2D eigenvalue weighted by Gasteiger charge is -2.03. The second-order valence-electron chi connectivity index (χ2n) is 6.43. The molecule has 3 aromatic heterocycles. The van der Waals surface area contributed by atoms with Crippen molar-refractivity contribution < 1.29 is 0 Å². The summed E-state index contributed by atoms with van der Waals surface area (Å²) < 4.78 is 3.17. The highest BCUT2D eigenvalue weighted by atomic mass is 32.1. The third-order valence-electron chi connectivity index (χ3n) is 4.73. The molecule has 0 unspecified atom stereocenters. The highest BCUT2D eigenvalue weighted by Gasteiger charge is 2.13. The molecule has 0 N–H and O–H groups in total. The minimum Gasteiger partial charge on any atom is -0.267 e. The number of hydrogen-bond acceptors (Lipinski definition) is 5. The molecule has 7 heteroatoms. The van der Waals surface area contributed by atoms with Gasteiger partial charge in [-0.3, -0.25) is 4.79 Å². The lowest BCUT2D eigenvalue weighted by atomic mass is 10.2. The average molecular weight is 377 g/mol. The van der Waals surface area contributed by atoms with Gasteiger partial charge in [0, 0.05) is 10.4 Å². The van der Waals surface area contributed by atoms with Crippen LogP contribution in [0.15, 0.2) is 46.6 Å². The van der Waals surface area contributed by atoms with Crippen LogP contribution in [0.1, 0.15) is 27.4 Å². The summed E-state index contributed by atoms with van der Waals surface area (Å²) in [5, 5.41) is 9.62. The predicted molar refractivity (Wildman–Crippen MR) is 109 cm³/mol. The summed E-state index contributed by atoms with van der Waals surface area (Å²) in [6, 6.07) is 9.94. The van der Waals surface area contributed by atoms with E-state index in [1.807, 2.05) is 62.7 Å². The molecular formula is C20H19N5OS. The lowest BCUT2D eigenvalue weighted by Crippen LogP contribution is -2.17. The van der Waals surface area contributed by atoms with Crippen molar-refractivity contribution in [1.29, 1.82) is 0 Å². The number of hydrogen-bond donors (Lipinski definition) is 0. The Morgan fingerprint density at radius 3 is 2.59 bits per heavy atom. The fraction of sp³-hybridized carbons (Fsp3) is 0.200. The molecule has 0 bridgehead atoms. The summed E-state index contributed by atoms with van der Waals surface area (Å²) in [5.41, 5.74) is 4.52. The molecule has 0 saturated carbocycles. The topological polar surface area (TPSA) is 65.1 Å². The van der Waals surface area contributed by atoms with Crippen LogP contribution in [0.2, 0.25) is 0 Å². The highest BCUT2D eigenvalue weighted by Crippen LogP contribution is 2.25. The van der Waals surface area contributed by atoms with Crippen LogP contribution in [-0.4, -0.2) is 25.7 Å². The van der Waals surface area contributed by atoms with E-state index in [-0.39, 0.29) is 5.56 Å². The molecular weight excluding hydrogens is 358 g/mol. The normalized spacial score (nSPS) is 11.7. The second kappa shape index (κ2) is 6.59. The number of fused-ring (bicyclic) bond motifs is 1. The summed E-state index contributed by atoms with van der Waals surface area (Å²) in [6.07, 6.45) is 3.16. The van der Waals surface area contributed by atoms with Crippen LogP contribution in [0.4, 0.5) is 0 Å². The van der Waals surface area contributed by atoms with Gasteiger partial charge in [0.1, 0.15) is 11.2 Å². The molecule has 0 aliphatic heterocycles. The summed E-state index contributed by atoms with van der Waals surface area (Å²) in [5.74, 6) is 0. The maximum atomic E-state index is 12.8. The zero-order valence-electron chi connectivity index (χ0n) is 15.6. The van der Waals surface area contributed by atoms with Crippen LogP contribution in [0.25, 0.3) is 15.9 Å². The average Bonchev–Trinajstić information content (AvgIpc) is 3.12. The number of thiophene rings is 1. The number of nitrogens with zero attached hydrogens (tertiary/aromatic N) is 5. The third kappa shape index (κ3) is 2.90. The summed E-state index contributed by atoms with van der Waals surface area (Å²) in [4.78, 5) is 19.0. The van der Waals surface area contributed by atoms with Crippen molar-refractivity contribution in [3.63, 3.8) is 0 Å². The molecule has 0 aliphatic carbocycles. The number of benzene rings is 1. The Labute approximate surface area is 160 Å². The third-order valence-corrected chi connectivity index (χ3v) is 5.85. The minimum absolute atomic E-state index is 0.149. The first-order valence-corrected chi connectivity index (χ1v) is 9.42. The summed E-state index contributed by atoms with van der Waals surface area (Å²) in [6.45, 7) is 7.87. The van der Waals surface area contributed by atoms with Crippen molar-refractivity contribution in [2.45, 2.75) is 27.7 Å². The van der Waals surface area contributed by atoms with Crippen LogP contribution in [0.3, 0.4) is 0 Å². The Kier molecular flexibility index (Phi) is 4.24. The SMILES string of the molecule is Cc1nn(-c2ccccc2)c(C)c1C=Nn1cnc2sc(C)c(C)c2c1=O. The van der Waals surface area contributed by atoms with Crippen molar-refractivity contribution in [3.05, 3.63) is 74.4 Å². The Hall–Kier alpha value is -3.06. The van der Waals surface area contributed by atoms with E-state index in [2.05, 4.69) is 15.2 Å². The molecule has 1 aromatic carbocycles. The molecule has 6 nitrogen and oxygen atoms in total. The second-order valence-corrected chi connectivity index (χ2v) is 7.64. The Balaban J connectivity index is 1.77. The molecule has 0 spiro atoms. The van der Waals surface area contributed by atoms with E-state index in [9.17, 15) is 4.79 Å². The molecule has 27 heavy (non-hydrogen) atoms. The molecule has 0 aliphatic rings. The monoisotopic (exact) mass is 377 g/mol. The van der Waals surface area contributed by atoms with Gasteiger partial charge in [-0.05, 0) is 45.4 Å².